The molecule has 0 aliphatic carbocycles. The summed E-state index contributed by atoms with van der Waals surface area (Å²) in [6, 6.07) is 2.87. The topological polar surface area (TPSA) is 56.5 Å². The van der Waals surface area contributed by atoms with Crippen LogP contribution in [0, 0.1) is 5.82 Å². The van der Waals surface area contributed by atoms with Gasteiger partial charge >= 0.3 is 0 Å². The number of anilines is 1. The Morgan fingerprint density at radius 3 is 2.53 bits per heavy atom. The molecular weight excluding hydrogens is 219 g/mol. The zero-order valence-electron chi connectivity index (χ0n) is 8.33. The molecule has 1 aromatic carbocycles. The molecule has 0 saturated carbocycles. The summed E-state index contributed by atoms with van der Waals surface area (Å²) in [5.41, 5.74) is 5.37. The summed E-state index contributed by atoms with van der Waals surface area (Å²) < 4.78 is 23.4. The molecule has 0 radical (unpaired) electrons. The standard InChI is InChI=1S/C9H11FN2O2S/c1-13-5-3-6(12-9(11)15)8(10)7(4-5)14-2/h3-4H,1-2H3,(H3,11,12,15). The summed E-state index contributed by atoms with van der Waals surface area (Å²) in [6.07, 6.45) is 0. The molecule has 0 aliphatic heterocycles. The fourth-order valence-electron chi connectivity index (χ4n) is 1.06. The molecule has 0 bridgehead atoms. The van der Waals surface area contributed by atoms with Crippen LogP contribution in [0.3, 0.4) is 0 Å². The van der Waals surface area contributed by atoms with Crippen molar-refractivity contribution >= 4 is 23.0 Å². The summed E-state index contributed by atoms with van der Waals surface area (Å²) >= 11 is 4.61. The number of methoxy groups -OCH3 is 2. The maximum absolute atomic E-state index is 13.6. The van der Waals surface area contributed by atoms with Crippen molar-refractivity contribution < 1.29 is 13.9 Å². The smallest absolute Gasteiger partial charge is 0.188 e. The van der Waals surface area contributed by atoms with Crippen LogP contribution in [-0.2, 0) is 0 Å². The molecule has 0 fully saturated rings. The quantitative estimate of drug-likeness (QED) is 0.771. The van der Waals surface area contributed by atoms with Gasteiger partial charge in [-0.05, 0) is 12.2 Å². The molecule has 0 aromatic heterocycles. The molecule has 1 aromatic rings. The van der Waals surface area contributed by atoms with Crippen LogP contribution in [0.2, 0.25) is 0 Å². The number of thiocarbonyl (C=S) groups is 1. The van der Waals surface area contributed by atoms with E-state index in [1.54, 1.807) is 0 Å². The Balaban J connectivity index is 3.17. The van der Waals surface area contributed by atoms with E-state index in [-0.39, 0.29) is 16.5 Å². The highest BCUT2D eigenvalue weighted by atomic mass is 32.1. The lowest BCUT2D eigenvalue weighted by Gasteiger charge is -2.11. The first-order valence-electron chi connectivity index (χ1n) is 4.06. The van der Waals surface area contributed by atoms with Gasteiger partial charge in [0.05, 0.1) is 19.9 Å². The van der Waals surface area contributed by atoms with E-state index in [4.69, 9.17) is 15.2 Å². The minimum Gasteiger partial charge on any atom is -0.497 e. The minimum atomic E-state index is -0.564. The fraction of sp³-hybridized carbons (Fsp3) is 0.222. The van der Waals surface area contributed by atoms with Crippen molar-refractivity contribution in [3.05, 3.63) is 17.9 Å². The number of ether oxygens (including phenoxy) is 2. The molecule has 0 unspecified atom stereocenters. The molecule has 0 amide bonds. The van der Waals surface area contributed by atoms with Crippen LogP contribution < -0.4 is 20.5 Å². The van der Waals surface area contributed by atoms with Gasteiger partial charge in [-0.15, -0.1) is 0 Å². The number of benzene rings is 1. The SMILES string of the molecule is COc1cc(NC(N)=S)c(F)c(OC)c1. The van der Waals surface area contributed by atoms with Crippen molar-refractivity contribution in [2.45, 2.75) is 0 Å². The lowest BCUT2D eigenvalue weighted by molar-refractivity contribution is 0.375. The van der Waals surface area contributed by atoms with Gasteiger partial charge < -0.3 is 20.5 Å². The average molecular weight is 230 g/mol. The van der Waals surface area contributed by atoms with Crippen molar-refractivity contribution in [2.24, 2.45) is 5.73 Å². The zero-order valence-corrected chi connectivity index (χ0v) is 9.15. The van der Waals surface area contributed by atoms with E-state index in [2.05, 4.69) is 17.5 Å². The van der Waals surface area contributed by atoms with Crippen molar-refractivity contribution in [1.29, 1.82) is 0 Å². The average Bonchev–Trinajstić information content (AvgIpc) is 2.20. The van der Waals surface area contributed by atoms with Gasteiger partial charge in [0.1, 0.15) is 5.75 Å². The summed E-state index contributed by atoms with van der Waals surface area (Å²) in [5.74, 6) is -0.0498. The van der Waals surface area contributed by atoms with Crippen LogP contribution in [0.25, 0.3) is 0 Å². The molecule has 1 rings (SSSR count). The third kappa shape index (κ3) is 2.69. The number of hydrogen-bond donors (Lipinski definition) is 2. The Kier molecular flexibility index (Phi) is 3.68. The molecule has 6 heteroatoms. The van der Waals surface area contributed by atoms with E-state index in [0.717, 1.165) is 0 Å². The molecule has 0 heterocycles. The van der Waals surface area contributed by atoms with Crippen LogP contribution in [0.15, 0.2) is 12.1 Å². The molecule has 4 nitrogen and oxygen atoms in total. The second-order valence-electron chi connectivity index (χ2n) is 2.68. The van der Waals surface area contributed by atoms with Gasteiger partial charge in [0.2, 0.25) is 0 Å². The Morgan fingerprint density at radius 2 is 2.07 bits per heavy atom. The second-order valence-corrected chi connectivity index (χ2v) is 3.12. The Labute approximate surface area is 92.2 Å². The maximum atomic E-state index is 13.6. The summed E-state index contributed by atoms with van der Waals surface area (Å²) in [7, 11) is 2.83. The summed E-state index contributed by atoms with van der Waals surface area (Å²) in [6.45, 7) is 0. The van der Waals surface area contributed by atoms with Gasteiger partial charge in [0, 0.05) is 12.1 Å². The molecule has 15 heavy (non-hydrogen) atoms. The lowest BCUT2D eigenvalue weighted by atomic mass is 10.2. The van der Waals surface area contributed by atoms with Crippen molar-refractivity contribution in [3.63, 3.8) is 0 Å². The number of nitrogens with one attached hydrogen (secondary N) is 1. The molecule has 0 spiro atoms. The largest absolute Gasteiger partial charge is 0.497 e. The molecule has 0 aliphatic rings. The second kappa shape index (κ2) is 4.79. The predicted molar refractivity (Wildman–Crippen MR) is 59.9 cm³/mol. The first kappa shape index (κ1) is 11.5. The van der Waals surface area contributed by atoms with Crippen LogP contribution in [-0.4, -0.2) is 19.3 Å². The highest BCUT2D eigenvalue weighted by Gasteiger charge is 2.12. The number of halogens is 1. The van der Waals surface area contributed by atoms with Crippen molar-refractivity contribution in [2.75, 3.05) is 19.5 Å². The van der Waals surface area contributed by atoms with E-state index in [1.165, 1.54) is 26.4 Å². The Bertz CT molecular complexity index is 385. The zero-order chi connectivity index (χ0) is 11.4. The summed E-state index contributed by atoms with van der Waals surface area (Å²) in [5, 5.41) is 2.47. The van der Waals surface area contributed by atoms with Crippen LogP contribution >= 0.6 is 12.2 Å². The molecular formula is C9H11FN2O2S. The number of rotatable bonds is 3. The van der Waals surface area contributed by atoms with Gasteiger partial charge in [-0.2, -0.15) is 0 Å². The monoisotopic (exact) mass is 230 g/mol. The minimum absolute atomic E-state index is 0.0239. The van der Waals surface area contributed by atoms with Gasteiger partial charge in [-0.25, -0.2) is 4.39 Å². The van der Waals surface area contributed by atoms with Gasteiger partial charge in [0.25, 0.3) is 0 Å². The van der Waals surface area contributed by atoms with Crippen LogP contribution in [0.1, 0.15) is 0 Å². The van der Waals surface area contributed by atoms with E-state index in [1.807, 2.05) is 0 Å². The number of hydrogen-bond acceptors (Lipinski definition) is 3. The normalized spacial score (nSPS) is 9.53. The summed E-state index contributed by atoms with van der Waals surface area (Å²) in [4.78, 5) is 0. The van der Waals surface area contributed by atoms with Gasteiger partial charge in [-0.1, -0.05) is 0 Å². The third-order valence-electron chi connectivity index (χ3n) is 1.73. The Morgan fingerprint density at radius 1 is 1.40 bits per heavy atom. The molecule has 3 N–H and O–H groups in total. The third-order valence-corrected chi connectivity index (χ3v) is 1.83. The van der Waals surface area contributed by atoms with E-state index < -0.39 is 5.82 Å². The first-order valence-corrected chi connectivity index (χ1v) is 4.47. The first-order chi connectivity index (χ1) is 7.08. The predicted octanol–water partition coefficient (Wildman–Crippen LogP) is 1.50. The molecule has 82 valence electrons. The van der Waals surface area contributed by atoms with Gasteiger partial charge in [0.15, 0.2) is 16.7 Å². The highest BCUT2D eigenvalue weighted by molar-refractivity contribution is 7.80. The highest BCUT2D eigenvalue weighted by Crippen LogP contribution is 2.30. The van der Waals surface area contributed by atoms with Crippen LogP contribution in [0.5, 0.6) is 11.5 Å². The van der Waals surface area contributed by atoms with E-state index in [0.29, 0.717) is 5.75 Å². The fourth-order valence-corrected chi connectivity index (χ4v) is 1.17. The Hall–Kier alpha value is -1.56. The van der Waals surface area contributed by atoms with Crippen molar-refractivity contribution in [3.8, 4) is 11.5 Å². The van der Waals surface area contributed by atoms with E-state index in [9.17, 15) is 4.39 Å². The molecule has 0 atom stereocenters. The number of nitrogens with two attached hydrogens (primary N) is 1. The van der Waals surface area contributed by atoms with E-state index >= 15 is 0 Å². The molecule has 0 saturated heterocycles. The maximum Gasteiger partial charge on any atom is 0.188 e. The van der Waals surface area contributed by atoms with Crippen molar-refractivity contribution in [1.82, 2.24) is 0 Å². The van der Waals surface area contributed by atoms with Gasteiger partial charge in [-0.3, -0.25) is 0 Å². The van der Waals surface area contributed by atoms with Crippen LogP contribution in [0.4, 0.5) is 10.1 Å². The lowest BCUT2D eigenvalue weighted by Crippen LogP contribution is -2.19.